The van der Waals surface area contributed by atoms with Gasteiger partial charge in [0.05, 0.1) is 0 Å². The van der Waals surface area contributed by atoms with E-state index in [2.05, 4.69) is 13.8 Å². The molecule has 1 rings (SSSR count). The summed E-state index contributed by atoms with van der Waals surface area (Å²) in [4.78, 5) is 0. The number of hydrogen-bond acceptors (Lipinski definition) is 2. The molecule has 0 N–H and O–H groups in total. The zero-order chi connectivity index (χ0) is 8.43. The van der Waals surface area contributed by atoms with Gasteiger partial charge in [-0.05, 0) is 45.8 Å². The van der Waals surface area contributed by atoms with Gasteiger partial charge in [0, 0.05) is 5.57 Å². The number of ether oxygens (including phenoxy) is 1. The highest BCUT2D eigenvalue weighted by molar-refractivity contribution is 7.80. The monoisotopic (exact) mass is 170 g/mol. The molecule has 0 aliphatic heterocycles. The highest BCUT2D eigenvalue weighted by atomic mass is 32.1. The molecule has 62 valence electrons. The molecule has 0 aromatic carbocycles. The first-order valence-electron chi connectivity index (χ1n) is 3.96. The Morgan fingerprint density at radius 1 is 1.27 bits per heavy atom. The van der Waals surface area contributed by atoms with Gasteiger partial charge < -0.3 is 4.74 Å². The summed E-state index contributed by atoms with van der Waals surface area (Å²) < 4.78 is 5.46. The summed E-state index contributed by atoms with van der Waals surface area (Å²) in [5, 5.41) is 0.688. The molecule has 1 aliphatic carbocycles. The van der Waals surface area contributed by atoms with E-state index >= 15 is 0 Å². The standard InChI is InChI=1S/C9H14OS/c1-6(2)7(3)9(11)10-8-4-5-8/h8H,4-5H2,1-3H3. The first-order valence-corrected chi connectivity index (χ1v) is 4.37. The third-order valence-electron chi connectivity index (χ3n) is 1.85. The second kappa shape index (κ2) is 3.35. The maximum absolute atomic E-state index is 5.46. The highest BCUT2D eigenvalue weighted by Crippen LogP contribution is 2.25. The summed E-state index contributed by atoms with van der Waals surface area (Å²) >= 11 is 5.09. The minimum Gasteiger partial charge on any atom is -0.480 e. The summed E-state index contributed by atoms with van der Waals surface area (Å²) in [7, 11) is 0. The summed E-state index contributed by atoms with van der Waals surface area (Å²) in [5.74, 6) is 0. The summed E-state index contributed by atoms with van der Waals surface area (Å²) in [5.41, 5.74) is 2.36. The van der Waals surface area contributed by atoms with Crippen molar-refractivity contribution in [3.8, 4) is 0 Å². The summed E-state index contributed by atoms with van der Waals surface area (Å²) in [6.07, 6.45) is 2.78. The molecule has 0 amide bonds. The molecular weight excluding hydrogens is 156 g/mol. The van der Waals surface area contributed by atoms with E-state index < -0.39 is 0 Å². The Morgan fingerprint density at radius 2 is 1.82 bits per heavy atom. The lowest BCUT2D eigenvalue weighted by Crippen LogP contribution is -2.05. The van der Waals surface area contributed by atoms with E-state index in [0.717, 1.165) is 5.57 Å². The van der Waals surface area contributed by atoms with Crippen LogP contribution in [0.3, 0.4) is 0 Å². The molecule has 0 spiro atoms. The van der Waals surface area contributed by atoms with Gasteiger partial charge in [0.25, 0.3) is 0 Å². The van der Waals surface area contributed by atoms with E-state index in [1.807, 2.05) is 6.92 Å². The van der Waals surface area contributed by atoms with Gasteiger partial charge in [0.15, 0.2) is 5.05 Å². The number of thiocarbonyl (C=S) groups is 1. The molecule has 0 saturated heterocycles. The van der Waals surface area contributed by atoms with Crippen molar-refractivity contribution < 1.29 is 4.74 Å². The quantitative estimate of drug-likeness (QED) is 0.465. The molecule has 1 fully saturated rings. The molecule has 0 heterocycles. The van der Waals surface area contributed by atoms with Crippen molar-refractivity contribution in [2.75, 3.05) is 0 Å². The van der Waals surface area contributed by atoms with E-state index in [0.29, 0.717) is 11.2 Å². The minimum atomic E-state index is 0.428. The second-order valence-corrected chi connectivity index (χ2v) is 3.60. The van der Waals surface area contributed by atoms with Gasteiger partial charge in [-0.3, -0.25) is 0 Å². The topological polar surface area (TPSA) is 9.23 Å². The van der Waals surface area contributed by atoms with Crippen molar-refractivity contribution in [2.45, 2.75) is 39.7 Å². The second-order valence-electron chi connectivity index (χ2n) is 3.23. The lowest BCUT2D eigenvalue weighted by atomic mass is 10.2. The van der Waals surface area contributed by atoms with Gasteiger partial charge in [0.2, 0.25) is 0 Å². The van der Waals surface area contributed by atoms with Crippen LogP contribution in [0.2, 0.25) is 0 Å². The van der Waals surface area contributed by atoms with Crippen LogP contribution in [-0.4, -0.2) is 11.2 Å². The van der Waals surface area contributed by atoms with Crippen LogP contribution in [-0.2, 0) is 4.74 Å². The number of rotatable bonds is 2. The predicted octanol–water partition coefficient (Wildman–Crippen LogP) is 2.85. The van der Waals surface area contributed by atoms with Crippen LogP contribution in [0.4, 0.5) is 0 Å². The Labute approximate surface area is 73.4 Å². The van der Waals surface area contributed by atoms with Crippen molar-refractivity contribution in [3.63, 3.8) is 0 Å². The van der Waals surface area contributed by atoms with Crippen LogP contribution >= 0.6 is 12.2 Å². The predicted molar refractivity (Wildman–Crippen MR) is 50.8 cm³/mol. The van der Waals surface area contributed by atoms with Crippen LogP contribution in [0.15, 0.2) is 11.1 Å². The Morgan fingerprint density at radius 3 is 2.18 bits per heavy atom. The maximum atomic E-state index is 5.46. The Balaban J connectivity index is 2.45. The molecule has 0 radical (unpaired) electrons. The smallest absolute Gasteiger partial charge is 0.186 e. The summed E-state index contributed by atoms with van der Waals surface area (Å²) in [6.45, 7) is 6.12. The van der Waals surface area contributed by atoms with Crippen molar-refractivity contribution in [1.82, 2.24) is 0 Å². The zero-order valence-electron chi connectivity index (χ0n) is 7.31. The van der Waals surface area contributed by atoms with Gasteiger partial charge in [-0.2, -0.15) is 0 Å². The molecule has 0 bridgehead atoms. The van der Waals surface area contributed by atoms with Gasteiger partial charge >= 0.3 is 0 Å². The third kappa shape index (κ3) is 2.62. The van der Waals surface area contributed by atoms with Gasteiger partial charge in [-0.15, -0.1) is 0 Å². The SMILES string of the molecule is CC(C)=C(C)C(=S)OC1CC1. The van der Waals surface area contributed by atoms with E-state index in [4.69, 9.17) is 17.0 Å². The van der Waals surface area contributed by atoms with Crippen LogP contribution < -0.4 is 0 Å². The van der Waals surface area contributed by atoms with Crippen LogP contribution in [0.1, 0.15) is 33.6 Å². The number of hydrogen-bond donors (Lipinski definition) is 0. The van der Waals surface area contributed by atoms with Gasteiger partial charge in [0.1, 0.15) is 6.10 Å². The van der Waals surface area contributed by atoms with E-state index in [1.54, 1.807) is 0 Å². The average Bonchev–Trinajstić information content (AvgIpc) is 2.69. The van der Waals surface area contributed by atoms with E-state index in [-0.39, 0.29) is 0 Å². The van der Waals surface area contributed by atoms with E-state index in [9.17, 15) is 0 Å². The highest BCUT2D eigenvalue weighted by Gasteiger charge is 2.24. The fraction of sp³-hybridized carbons (Fsp3) is 0.667. The number of allylic oxidation sites excluding steroid dienone is 1. The lowest BCUT2D eigenvalue weighted by molar-refractivity contribution is 0.298. The maximum Gasteiger partial charge on any atom is 0.186 e. The average molecular weight is 170 g/mol. The van der Waals surface area contributed by atoms with Crippen LogP contribution in [0.5, 0.6) is 0 Å². The molecule has 0 aromatic heterocycles. The largest absolute Gasteiger partial charge is 0.480 e. The van der Waals surface area contributed by atoms with Crippen LogP contribution in [0, 0.1) is 0 Å². The molecular formula is C9H14OS. The molecule has 1 aliphatic rings. The molecule has 0 aromatic rings. The fourth-order valence-corrected chi connectivity index (χ4v) is 0.970. The normalized spacial score (nSPS) is 15.9. The molecule has 1 saturated carbocycles. The molecule has 1 nitrogen and oxygen atoms in total. The van der Waals surface area contributed by atoms with Crippen LogP contribution in [0.25, 0.3) is 0 Å². The first kappa shape index (κ1) is 8.72. The Hall–Kier alpha value is -0.370. The zero-order valence-corrected chi connectivity index (χ0v) is 8.12. The Bertz CT molecular complexity index is 198. The summed E-state index contributed by atoms with van der Waals surface area (Å²) in [6, 6.07) is 0. The molecule has 11 heavy (non-hydrogen) atoms. The first-order chi connectivity index (χ1) is 5.11. The molecule has 2 heteroatoms. The molecule has 0 unspecified atom stereocenters. The Kier molecular flexibility index (Phi) is 2.66. The minimum absolute atomic E-state index is 0.428. The third-order valence-corrected chi connectivity index (χ3v) is 2.26. The van der Waals surface area contributed by atoms with Gasteiger partial charge in [-0.1, -0.05) is 5.57 Å². The van der Waals surface area contributed by atoms with Crippen molar-refractivity contribution in [2.24, 2.45) is 0 Å². The van der Waals surface area contributed by atoms with Crippen molar-refractivity contribution in [3.05, 3.63) is 11.1 Å². The van der Waals surface area contributed by atoms with E-state index in [1.165, 1.54) is 18.4 Å². The lowest BCUT2D eigenvalue weighted by Gasteiger charge is -2.07. The van der Waals surface area contributed by atoms with Crippen molar-refractivity contribution >= 4 is 17.3 Å². The fourth-order valence-electron chi connectivity index (χ4n) is 0.630. The molecule has 0 atom stereocenters. The van der Waals surface area contributed by atoms with Gasteiger partial charge in [-0.25, -0.2) is 0 Å². The van der Waals surface area contributed by atoms with Crippen molar-refractivity contribution in [1.29, 1.82) is 0 Å².